The number of carbonyl (C=O) groups is 1. The summed E-state index contributed by atoms with van der Waals surface area (Å²) < 4.78 is 13.2. The average Bonchev–Trinajstić information content (AvgIpc) is 2.42. The second kappa shape index (κ2) is 6.53. The van der Waals surface area contributed by atoms with Crippen LogP contribution in [0, 0.1) is 5.82 Å². The molecule has 0 aromatic heterocycles. The molecule has 0 bridgehead atoms. The minimum Gasteiger partial charge on any atom is -0.369 e. The number of benzene rings is 1. The lowest BCUT2D eigenvalue weighted by Gasteiger charge is -2.35. The molecule has 118 valence electrons. The van der Waals surface area contributed by atoms with Gasteiger partial charge in [-0.05, 0) is 56.7 Å². The Hall–Kier alpha value is -1.81. The zero-order valence-corrected chi connectivity index (χ0v) is 13.7. The number of allylic oxidation sites excluding steroid dienone is 1. The molecular formula is C17H20ClFN2O. The van der Waals surface area contributed by atoms with E-state index >= 15 is 0 Å². The Morgan fingerprint density at radius 1 is 1.41 bits per heavy atom. The number of halogens is 2. The highest BCUT2D eigenvalue weighted by atomic mass is 35.5. The van der Waals surface area contributed by atoms with E-state index in [9.17, 15) is 9.18 Å². The topological polar surface area (TPSA) is 32.3 Å². The molecule has 0 spiro atoms. The van der Waals surface area contributed by atoms with E-state index < -0.39 is 5.82 Å². The minimum absolute atomic E-state index is 0.0393. The van der Waals surface area contributed by atoms with E-state index in [-0.39, 0.29) is 17.9 Å². The molecule has 22 heavy (non-hydrogen) atoms. The lowest BCUT2D eigenvalue weighted by Crippen LogP contribution is -2.39. The molecule has 2 rings (SSSR count). The van der Waals surface area contributed by atoms with Crippen LogP contribution in [0.1, 0.15) is 26.3 Å². The van der Waals surface area contributed by atoms with Gasteiger partial charge in [0.05, 0.1) is 6.42 Å². The number of rotatable bonds is 3. The van der Waals surface area contributed by atoms with Crippen LogP contribution in [0.3, 0.4) is 0 Å². The Kier molecular flexibility index (Phi) is 4.91. The smallest absolute Gasteiger partial charge is 0.228 e. The molecule has 1 N–H and O–H groups in total. The van der Waals surface area contributed by atoms with Crippen LogP contribution in [0.5, 0.6) is 0 Å². The molecule has 0 unspecified atom stereocenters. The number of hydrogen-bond donors (Lipinski definition) is 1. The molecule has 1 heterocycles. The Balaban J connectivity index is 1.95. The van der Waals surface area contributed by atoms with Gasteiger partial charge in [-0.1, -0.05) is 11.6 Å². The van der Waals surface area contributed by atoms with Gasteiger partial charge in [0, 0.05) is 29.0 Å². The first-order chi connectivity index (χ1) is 10.3. The zero-order chi connectivity index (χ0) is 16.3. The van der Waals surface area contributed by atoms with Crippen LogP contribution < -0.4 is 5.32 Å². The molecule has 0 fully saturated rings. The molecule has 1 aliphatic rings. The maximum atomic E-state index is 13.2. The number of nitrogens with one attached hydrogen (secondary N) is 1. The number of carbonyl (C=O) groups excluding carboxylic acids is 1. The standard InChI is InChI=1S/C17H20ClFN2O/c1-17(2,3)21-8-6-14(7-9-21)20-16(22)11-12-10-13(19)4-5-15(12)18/h4-8,10H,9,11H2,1-3H3,(H,20,22). The molecule has 0 radical (unpaired) electrons. The van der Waals surface area contributed by atoms with Crippen LogP contribution in [-0.2, 0) is 11.2 Å². The van der Waals surface area contributed by atoms with Crippen molar-refractivity contribution in [2.45, 2.75) is 32.7 Å². The van der Waals surface area contributed by atoms with Crippen molar-refractivity contribution >= 4 is 17.5 Å². The number of nitrogens with zero attached hydrogens (tertiary/aromatic N) is 1. The SMILES string of the molecule is CC(C)(C)N1C=CC(NC(=O)Cc2cc(F)ccc2Cl)=CC1. The molecular weight excluding hydrogens is 303 g/mol. The molecule has 0 aliphatic carbocycles. The summed E-state index contributed by atoms with van der Waals surface area (Å²) in [6.07, 6.45) is 5.83. The van der Waals surface area contributed by atoms with E-state index in [4.69, 9.17) is 11.6 Å². The summed E-state index contributed by atoms with van der Waals surface area (Å²) in [5.41, 5.74) is 1.27. The Bertz CT molecular complexity index is 632. The summed E-state index contributed by atoms with van der Waals surface area (Å²) in [6, 6.07) is 4.02. The molecule has 1 aliphatic heterocycles. The zero-order valence-electron chi connectivity index (χ0n) is 13.0. The van der Waals surface area contributed by atoms with Gasteiger partial charge in [0.25, 0.3) is 0 Å². The highest BCUT2D eigenvalue weighted by molar-refractivity contribution is 6.31. The highest BCUT2D eigenvalue weighted by Gasteiger charge is 2.19. The van der Waals surface area contributed by atoms with Crippen LogP contribution in [0.4, 0.5) is 4.39 Å². The predicted molar refractivity (Wildman–Crippen MR) is 86.9 cm³/mol. The van der Waals surface area contributed by atoms with E-state index in [1.54, 1.807) is 0 Å². The van der Waals surface area contributed by atoms with Gasteiger partial charge in [0.1, 0.15) is 5.82 Å². The summed E-state index contributed by atoms with van der Waals surface area (Å²) in [7, 11) is 0. The molecule has 5 heteroatoms. The van der Waals surface area contributed by atoms with Crippen molar-refractivity contribution in [1.82, 2.24) is 10.2 Å². The number of amides is 1. The molecule has 0 atom stereocenters. The lowest BCUT2D eigenvalue weighted by atomic mass is 10.1. The molecule has 1 aromatic carbocycles. The maximum Gasteiger partial charge on any atom is 0.228 e. The van der Waals surface area contributed by atoms with Gasteiger partial charge in [0.15, 0.2) is 0 Å². The van der Waals surface area contributed by atoms with Crippen molar-refractivity contribution < 1.29 is 9.18 Å². The second-order valence-corrected chi connectivity index (χ2v) is 6.67. The van der Waals surface area contributed by atoms with Gasteiger partial charge in [-0.3, -0.25) is 4.79 Å². The fraction of sp³-hybridized carbons (Fsp3) is 0.353. The summed E-state index contributed by atoms with van der Waals surface area (Å²) in [5, 5.41) is 3.21. The molecule has 1 aromatic rings. The van der Waals surface area contributed by atoms with Gasteiger partial charge in [-0.25, -0.2) is 4.39 Å². The summed E-state index contributed by atoms with van der Waals surface area (Å²) >= 11 is 5.97. The van der Waals surface area contributed by atoms with Crippen molar-refractivity contribution in [2.75, 3.05) is 6.54 Å². The van der Waals surface area contributed by atoms with E-state index in [2.05, 4.69) is 31.0 Å². The van der Waals surface area contributed by atoms with Crippen molar-refractivity contribution in [2.24, 2.45) is 0 Å². The third-order valence-corrected chi connectivity index (χ3v) is 3.81. The van der Waals surface area contributed by atoms with Gasteiger partial charge < -0.3 is 10.2 Å². The average molecular weight is 323 g/mol. The summed E-state index contributed by atoms with van der Waals surface area (Å²) in [4.78, 5) is 14.2. The van der Waals surface area contributed by atoms with E-state index in [0.717, 1.165) is 12.2 Å². The van der Waals surface area contributed by atoms with Crippen LogP contribution >= 0.6 is 11.6 Å². The van der Waals surface area contributed by atoms with E-state index in [1.807, 2.05) is 18.4 Å². The lowest BCUT2D eigenvalue weighted by molar-refractivity contribution is -0.119. The van der Waals surface area contributed by atoms with Crippen molar-refractivity contribution in [3.8, 4) is 0 Å². The first-order valence-electron chi connectivity index (χ1n) is 7.14. The van der Waals surface area contributed by atoms with Gasteiger partial charge in [-0.2, -0.15) is 0 Å². The Labute approximate surface area is 135 Å². The highest BCUT2D eigenvalue weighted by Crippen LogP contribution is 2.19. The maximum absolute atomic E-state index is 13.2. The van der Waals surface area contributed by atoms with Gasteiger partial charge >= 0.3 is 0 Å². The molecule has 0 saturated carbocycles. The Morgan fingerprint density at radius 2 is 2.14 bits per heavy atom. The predicted octanol–water partition coefficient (Wildman–Crippen LogP) is 3.65. The van der Waals surface area contributed by atoms with E-state index in [0.29, 0.717) is 10.6 Å². The summed E-state index contributed by atoms with van der Waals surface area (Å²) in [5.74, 6) is -0.614. The number of hydrogen-bond acceptors (Lipinski definition) is 2. The van der Waals surface area contributed by atoms with Gasteiger partial charge in [0.2, 0.25) is 5.91 Å². The normalized spacial score (nSPS) is 14.8. The third-order valence-electron chi connectivity index (χ3n) is 3.45. The van der Waals surface area contributed by atoms with Crippen LogP contribution in [0.2, 0.25) is 5.02 Å². The first kappa shape index (κ1) is 16.6. The minimum atomic E-state index is -0.398. The largest absolute Gasteiger partial charge is 0.369 e. The van der Waals surface area contributed by atoms with E-state index in [1.165, 1.54) is 18.2 Å². The fourth-order valence-electron chi connectivity index (χ4n) is 2.14. The van der Waals surface area contributed by atoms with Crippen molar-refractivity contribution in [3.05, 3.63) is 58.7 Å². The fourth-order valence-corrected chi connectivity index (χ4v) is 2.33. The van der Waals surface area contributed by atoms with Crippen molar-refractivity contribution in [1.29, 1.82) is 0 Å². The molecule has 0 saturated heterocycles. The Morgan fingerprint density at radius 3 is 2.73 bits per heavy atom. The van der Waals surface area contributed by atoms with Crippen LogP contribution in [-0.4, -0.2) is 22.9 Å². The van der Waals surface area contributed by atoms with Crippen molar-refractivity contribution in [3.63, 3.8) is 0 Å². The monoisotopic (exact) mass is 322 g/mol. The first-order valence-corrected chi connectivity index (χ1v) is 7.52. The quantitative estimate of drug-likeness (QED) is 0.921. The third kappa shape index (κ3) is 4.34. The molecule has 1 amide bonds. The van der Waals surface area contributed by atoms with Crippen LogP contribution in [0.25, 0.3) is 0 Å². The summed E-state index contributed by atoms with van der Waals surface area (Å²) in [6.45, 7) is 7.11. The van der Waals surface area contributed by atoms with Crippen LogP contribution in [0.15, 0.2) is 42.2 Å². The molecule has 3 nitrogen and oxygen atoms in total. The van der Waals surface area contributed by atoms with Gasteiger partial charge in [-0.15, -0.1) is 0 Å². The second-order valence-electron chi connectivity index (χ2n) is 6.26.